The fourth-order valence-corrected chi connectivity index (χ4v) is 2.29. The predicted molar refractivity (Wildman–Crippen MR) is 79.8 cm³/mol. The van der Waals surface area contributed by atoms with E-state index in [0.717, 1.165) is 11.5 Å². The topological polar surface area (TPSA) is 47.6 Å². The third-order valence-electron chi connectivity index (χ3n) is 2.52. The van der Waals surface area contributed by atoms with Crippen molar-refractivity contribution in [3.05, 3.63) is 46.7 Å². The highest BCUT2D eigenvalue weighted by molar-refractivity contribution is 7.12. The lowest BCUT2D eigenvalue weighted by Crippen LogP contribution is -2.27. The third kappa shape index (κ3) is 4.28. The first-order chi connectivity index (χ1) is 9.79. The smallest absolute Gasteiger partial charge is 0.261 e. The third-order valence-corrected chi connectivity index (χ3v) is 3.39. The molecule has 20 heavy (non-hydrogen) atoms. The molecule has 106 valence electrons. The van der Waals surface area contributed by atoms with Crippen molar-refractivity contribution in [2.45, 2.75) is 6.92 Å². The van der Waals surface area contributed by atoms with E-state index in [1.165, 1.54) is 11.3 Å². The first kappa shape index (κ1) is 14.4. The van der Waals surface area contributed by atoms with Crippen molar-refractivity contribution in [1.82, 2.24) is 5.32 Å². The van der Waals surface area contributed by atoms with Crippen LogP contribution in [-0.4, -0.2) is 25.7 Å². The first-order valence-electron chi connectivity index (χ1n) is 6.47. The minimum Gasteiger partial charge on any atom is -0.494 e. The fraction of sp³-hybridized carbons (Fsp3) is 0.267. The summed E-state index contributed by atoms with van der Waals surface area (Å²) < 4.78 is 11.0. The molecule has 0 bridgehead atoms. The van der Waals surface area contributed by atoms with Crippen LogP contribution in [0.2, 0.25) is 0 Å². The van der Waals surface area contributed by atoms with Crippen LogP contribution in [-0.2, 0) is 0 Å². The number of carbonyl (C=O) groups is 1. The van der Waals surface area contributed by atoms with Crippen LogP contribution in [0.5, 0.6) is 11.5 Å². The van der Waals surface area contributed by atoms with Gasteiger partial charge in [0.15, 0.2) is 0 Å². The Kier molecular flexibility index (Phi) is 5.43. The molecule has 0 unspecified atom stereocenters. The van der Waals surface area contributed by atoms with Crippen LogP contribution in [0.25, 0.3) is 0 Å². The second-order valence-corrected chi connectivity index (χ2v) is 4.94. The molecule has 0 saturated heterocycles. The number of amides is 1. The normalized spacial score (nSPS) is 10.1. The molecule has 0 aliphatic carbocycles. The van der Waals surface area contributed by atoms with E-state index in [1.807, 2.05) is 42.6 Å². The van der Waals surface area contributed by atoms with Crippen molar-refractivity contribution in [2.24, 2.45) is 0 Å². The Balaban J connectivity index is 1.73. The van der Waals surface area contributed by atoms with E-state index in [4.69, 9.17) is 9.47 Å². The van der Waals surface area contributed by atoms with Gasteiger partial charge in [-0.05, 0) is 30.5 Å². The molecule has 2 aromatic rings. The number of benzene rings is 1. The second-order valence-electron chi connectivity index (χ2n) is 3.99. The van der Waals surface area contributed by atoms with E-state index in [-0.39, 0.29) is 5.91 Å². The molecule has 1 heterocycles. The number of ether oxygens (including phenoxy) is 2. The lowest BCUT2D eigenvalue weighted by Gasteiger charge is -2.09. The van der Waals surface area contributed by atoms with E-state index in [0.29, 0.717) is 24.6 Å². The summed E-state index contributed by atoms with van der Waals surface area (Å²) in [5.41, 5.74) is 0. The van der Waals surface area contributed by atoms with Gasteiger partial charge < -0.3 is 14.8 Å². The molecule has 0 fully saturated rings. The van der Waals surface area contributed by atoms with Crippen LogP contribution in [0.4, 0.5) is 0 Å². The van der Waals surface area contributed by atoms with E-state index in [2.05, 4.69) is 5.32 Å². The Hall–Kier alpha value is -2.01. The van der Waals surface area contributed by atoms with Gasteiger partial charge in [0.25, 0.3) is 5.91 Å². The highest BCUT2D eigenvalue weighted by Crippen LogP contribution is 2.19. The van der Waals surface area contributed by atoms with Gasteiger partial charge in [0.2, 0.25) is 0 Å². The summed E-state index contributed by atoms with van der Waals surface area (Å²) in [5, 5.41) is 4.69. The minimum atomic E-state index is -0.0633. The molecular formula is C15H17NO3S. The van der Waals surface area contributed by atoms with Crippen molar-refractivity contribution >= 4 is 17.2 Å². The van der Waals surface area contributed by atoms with E-state index >= 15 is 0 Å². The summed E-state index contributed by atoms with van der Waals surface area (Å²) in [4.78, 5) is 12.4. The van der Waals surface area contributed by atoms with E-state index < -0.39 is 0 Å². The zero-order valence-electron chi connectivity index (χ0n) is 11.3. The van der Waals surface area contributed by atoms with Crippen LogP contribution < -0.4 is 14.8 Å². The van der Waals surface area contributed by atoms with Gasteiger partial charge in [-0.2, -0.15) is 0 Å². The Bertz CT molecular complexity index is 540. The summed E-state index contributed by atoms with van der Waals surface area (Å²) in [5.74, 6) is 1.46. The van der Waals surface area contributed by atoms with Crippen LogP contribution >= 0.6 is 11.3 Å². The Labute approximate surface area is 122 Å². The largest absolute Gasteiger partial charge is 0.494 e. The summed E-state index contributed by atoms with van der Waals surface area (Å²) in [6.07, 6.45) is 0. The first-order valence-corrected chi connectivity index (χ1v) is 7.35. The molecule has 2 rings (SSSR count). The lowest BCUT2D eigenvalue weighted by atomic mass is 10.3. The van der Waals surface area contributed by atoms with Crippen molar-refractivity contribution in [3.63, 3.8) is 0 Å². The van der Waals surface area contributed by atoms with Crippen LogP contribution in [0.3, 0.4) is 0 Å². The monoisotopic (exact) mass is 291 g/mol. The number of rotatable bonds is 7. The molecule has 1 aromatic heterocycles. The molecule has 0 aliphatic rings. The Morgan fingerprint density at radius 2 is 2.00 bits per heavy atom. The molecule has 0 aliphatic heterocycles. The zero-order chi connectivity index (χ0) is 14.2. The predicted octanol–water partition coefficient (Wildman–Crippen LogP) is 2.96. The van der Waals surface area contributed by atoms with Gasteiger partial charge in [0, 0.05) is 6.07 Å². The quantitative estimate of drug-likeness (QED) is 0.798. The van der Waals surface area contributed by atoms with E-state index in [1.54, 1.807) is 6.07 Å². The average molecular weight is 291 g/mol. The van der Waals surface area contributed by atoms with Crippen molar-refractivity contribution in [1.29, 1.82) is 0 Å². The maximum atomic E-state index is 11.7. The van der Waals surface area contributed by atoms with Crippen molar-refractivity contribution in [2.75, 3.05) is 19.8 Å². The average Bonchev–Trinajstić information content (AvgIpc) is 2.98. The molecule has 4 nitrogen and oxygen atoms in total. The van der Waals surface area contributed by atoms with Gasteiger partial charge in [-0.25, -0.2) is 0 Å². The number of hydrogen-bond donors (Lipinski definition) is 1. The van der Waals surface area contributed by atoms with E-state index in [9.17, 15) is 4.79 Å². The van der Waals surface area contributed by atoms with Crippen LogP contribution in [0.15, 0.2) is 41.8 Å². The zero-order valence-corrected chi connectivity index (χ0v) is 12.1. The van der Waals surface area contributed by atoms with Gasteiger partial charge in [-0.15, -0.1) is 11.3 Å². The van der Waals surface area contributed by atoms with Gasteiger partial charge >= 0.3 is 0 Å². The number of carbonyl (C=O) groups excluding carboxylic acids is 1. The molecule has 0 radical (unpaired) electrons. The van der Waals surface area contributed by atoms with Gasteiger partial charge in [-0.3, -0.25) is 4.79 Å². The summed E-state index contributed by atoms with van der Waals surface area (Å²) in [6.45, 7) is 3.45. The molecule has 1 N–H and O–H groups in total. The molecule has 0 atom stereocenters. The van der Waals surface area contributed by atoms with Gasteiger partial charge in [-0.1, -0.05) is 12.1 Å². The maximum Gasteiger partial charge on any atom is 0.261 e. The SMILES string of the molecule is CCOc1cccc(OCCNC(=O)c2cccs2)c1. The van der Waals surface area contributed by atoms with Crippen molar-refractivity contribution < 1.29 is 14.3 Å². The highest BCUT2D eigenvalue weighted by atomic mass is 32.1. The highest BCUT2D eigenvalue weighted by Gasteiger charge is 2.05. The molecule has 5 heteroatoms. The standard InChI is InChI=1S/C15H17NO3S/c1-2-18-12-5-3-6-13(11-12)19-9-8-16-15(17)14-7-4-10-20-14/h3-7,10-11H,2,8-9H2,1H3,(H,16,17). The summed E-state index contributed by atoms with van der Waals surface area (Å²) in [6, 6.07) is 11.1. The number of thiophene rings is 1. The van der Waals surface area contributed by atoms with Gasteiger partial charge in [0.05, 0.1) is 18.0 Å². The summed E-state index contributed by atoms with van der Waals surface area (Å²) >= 11 is 1.42. The fourth-order valence-electron chi connectivity index (χ4n) is 1.65. The van der Waals surface area contributed by atoms with Gasteiger partial charge in [0.1, 0.15) is 18.1 Å². The minimum absolute atomic E-state index is 0.0633. The molecule has 1 amide bonds. The maximum absolute atomic E-state index is 11.7. The molecular weight excluding hydrogens is 274 g/mol. The molecule has 0 saturated carbocycles. The summed E-state index contributed by atoms with van der Waals surface area (Å²) in [7, 11) is 0. The Morgan fingerprint density at radius 1 is 1.20 bits per heavy atom. The van der Waals surface area contributed by atoms with Crippen LogP contribution in [0.1, 0.15) is 16.6 Å². The second kappa shape index (κ2) is 7.55. The lowest BCUT2D eigenvalue weighted by molar-refractivity contribution is 0.0951. The number of hydrogen-bond acceptors (Lipinski definition) is 4. The van der Waals surface area contributed by atoms with Crippen molar-refractivity contribution in [3.8, 4) is 11.5 Å². The Morgan fingerprint density at radius 3 is 2.70 bits per heavy atom. The molecule has 1 aromatic carbocycles. The molecule has 0 spiro atoms. The van der Waals surface area contributed by atoms with Crippen LogP contribution in [0, 0.1) is 0 Å². The number of nitrogens with one attached hydrogen (secondary N) is 1.